The first-order chi connectivity index (χ1) is 14.3. The summed E-state index contributed by atoms with van der Waals surface area (Å²) in [7, 11) is 0. The maximum Gasteiger partial charge on any atom is 0.257 e. The molecule has 0 amide bonds. The molecule has 1 aromatic heterocycles. The van der Waals surface area contributed by atoms with Crippen molar-refractivity contribution in [3.63, 3.8) is 0 Å². The Morgan fingerprint density at radius 3 is 2.67 bits per heavy atom. The zero-order chi connectivity index (χ0) is 21.3. The smallest absolute Gasteiger partial charge is 0.257 e. The second-order valence-electron chi connectivity index (χ2n) is 8.35. The van der Waals surface area contributed by atoms with E-state index < -0.39 is 5.92 Å². The number of rotatable bonds is 5. The number of halogens is 2. The van der Waals surface area contributed by atoms with Gasteiger partial charge in [-0.1, -0.05) is 24.3 Å². The van der Waals surface area contributed by atoms with Crippen LogP contribution in [0.1, 0.15) is 29.2 Å². The van der Waals surface area contributed by atoms with Crippen molar-refractivity contribution in [2.45, 2.75) is 39.7 Å². The van der Waals surface area contributed by atoms with Gasteiger partial charge in [-0.3, -0.25) is 9.88 Å². The number of pyridine rings is 1. The Bertz CT molecular complexity index is 1040. The summed E-state index contributed by atoms with van der Waals surface area (Å²) in [5, 5.41) is 3.55. The number of anilines is 2. The highest BCUT2D eigenvalue weighted by Gasteiger charge is 2.28. The Hall–Kier alpha value is -2.79. The third kappa shape index (κ3) is 4.68. The summed E-state index contributed by atoms with van der Waals surface area (Å²) >= 11 is 0. The zero-order valence-corrected chi connectivity index (χ0v) is 17.7. The number of nitrogens with zero attached hydrogens (tertiary/aromatic N) is 2. The number of hydrogen-bond donors (Lipinski definition) is 1. The number of aromatic nitrogens is 1. The highest BCUT2D eigenvalue weighted by molar-refractivity contribution is 5.73. The molecule has 0 saturated heterocycles. The van der Waals surface area contributed by atoms with Crippen molar-refractivity contribution in [3.05, 3.63) is 77.0 Å². The molecular formula is C25H27F2N3. The van der Waals surface area contributed by atoms with Crippen molar-refractivity contribution in [1.29, 1.82) is 0 Å². The summed E-state index contributed by atoms with van der Waals surface area (Å²) in [4.78, 5) is 6.40. The van der Waals surface area contributed by atoms with Crippen LogP contribution in [0.2, 0.25) is 0 Å². The first kappa shape index (κ1) is 20.5. The maximum absolute atomic E-state index is 13.4. The molecule has 0 fully saturated rings. The van der Waals surface area contributed by atoms with Crippen molar-refractivity contribution >= 4 is 11.4 Å². The summed E-state index contributed by atoms with van der Waals surface area (Å²) in [5.74, 6) is -2.67. The Kier molecular flexibility index (Phi) is 5.56. The molecule has 1 aliphatic rings. The van der Waals surface area contributed by atoms with Crippen LogP contribution in [0.15, 0.2) is 54.7 Å². The summed E-state index contributed by atoms with van der Waals surface area (Å²) in [6, 6.07) is 16.5. The van der Waals surface area contributed by atoms with Gasteiger partial charge in [0.25, 0.3) is 5.92 Å². The topological polar surface area (TPSA) is 28.2 Å². The van der Waals surface area contributed by atoms with Crippen molar-refractivity contribution in [2.24, 2.45) is 0 Å². The van der Waals surface area contributed by atoms with Crippen LogP contribution in [0.25, 0.3) is 11.3 Å². The second kappa shape index (κ2) is 8.15. The summed E-state index contributed by atoms with van der Waals surface area (Å²) in [5.41, 5.74) is 8.72. The number of nitrogens with one attached hydrogen (secondary N) is 1. The van der Waals surface area contributed by atoms with E-state index in [0.29, 0.717) is 13.1 Å². The average molecular weight is 408 g/mol. The zero-order valence-electron chi connectivity index (χ0n) is 17.7. The summed E-state index contributed by atoms with van der Waals surface area (Å²) < 4.78 is 26.8. The van der Waals surface area contributed by atoms with Gasteiger partial charge < -0.3 is 5.32 Å². The predicted octanol–water partition coefficient (Wildman–Crippen LogP) is 6.12. The number of fused-ring (bicyclic) bond motifs is 1. The van der Waals surface area contributed by atoms with Crippen LogP contribution in [-0.2, 0) is 13.0 Å². The number of benzene rings is 2. The quantitative estimate of drug-likeness (QED) is 0.552. The van der Waals surface area contributed by atoms with Crippen LogP contribution in [-0.4, -0.2) is 28.9 Å². The number of alkyl halides is 2. The van der Waals surface area contributed by atoms with E-state index in [-0.39, 0.29) is 6.54 Å². The molecule has 0 saturated carbocycles. The highest BCUT2D eigenvalue weighted by Crippen LogP contribution is 2.32. The van der Waals surface area contributed by atoms with Gasteiger partial charge in [-0.15, -0.1) is 0 Å². The van der Waals surface area contributed by atoms with E-state index in [1.165, 1.54) is 11.1 Å². The first-order valence-electron chi connectivity index (χ1n) is 10.3. The highest BCUT2D eigenvalue weighted by atomic mass is 19.3. The lowest BCUT2D eigenvalue weighted by atomic mass is 9.97. The molecule has 0 atom stereocenters. The van der Waals surface area contributed by atoms with Crippen molar-refractivity contribution in [2.75, 3.05) is 18.4 Å². The van der Waals surface area contributed by atoms with Crippen LogP contribution in [0.4, 0.5) is 20.2 Å². The molecule has 1 N–H and O–H groups in total. The molecule has 0 unspecified atom stereocenters. The SMILES string of the molecule is Cc1ccc(-c2cc(Nc3cccc4c3CCN(CC(C)(F)F)C4)ccc2C)nc1. The molecule has 0 aliphatic carbocycles. The van der Waals surface area contributed by atoms with E-state index in [0.717, 1.165) is 47.1 Å². The lowest BCUT2D eigenvalue weighted by Gasteiger charge is -2.31. The van der Waals surface area contributed by atoms with Gasteiger partial charge >= 0.3 is 0 Å². The van der Waals surface area contributed by atoms with Gasteiger partial charge in [0.05, 0.1) is 12.2 Å². The Morgan fingerprint density at radius 2 is 1.93 bits per heavy atom. The van der Waals surface area contributed by atoms with E-state index in [1.54, 1.807) is 0 Å². The lowest BCUT2D eigenvalue weighted by Crippen LogP contribution is -2.38. The molecule has 2 heterocycles. The van der Waals surface area contributed by atoms with Gasteiger partial charge in [0.15, 0.2) is 0 Å². The largest absolute Gasteiger partial charge is 0.355 e. The van der Waals surface area contributed by atoms with Crippen LogP contribution in [0, 0.1) is 13.8 Å². The monoisotopic (exact) mass is 407 g/mol. The van der Waals surface area contributed by atoms with Crippen molar-refractivity contribution in [3.8, 4) is 11.3 Å². The van der Waals surface area contributed by atoms with E-state index >= 15 is 0 Å². The van der Waals surface area contributed by atoms with E-state index in [1.807, 2.05) is 36.2 Å². The molecule has 0 spiro atoms. The van der Waals surface area contributed by atoms with E-state index in [2.05, 4.69) is 47.6 Å². The average Bonchev–Trinajstić information content (AvgIpc) is 2.69. The fraction of sp³-hybridized carbons (Fsp3) is 0.320. The van der Waals surface area contributed by atoms with E-state index in [4.69, 9.17) is 0 Å². The third-order valence-corrected chi connectivity index (χ3v) is 5.55. The molecule has 2 aromatic carbocycles. The van der Waals surface area contributed by atoms with Crippen LogP contribution in [0.3, 0.4) is 0 Å². The molecule has 3 nitrogen and oxygen atoms in total. The lowest BCUT2D eigenvalue weighted by molar-refractivity contribution is -0.0178. The normalized spacial score (nSPS) is 14.4. The van der Waals surface area contributed by atoms with Gasteiger partial charge in [-0.25, -0.2) is 8.78 Å². The standard InChI is InChI=1S/C25H27F2N3/c1-17-7-10-23(28-14-17)22-13-20(9-8-18(22)2)29-24-6-4-5-19-15-30(12-11-21(19)24)16-25(3,26)27/h4-10,13-14,29H,11-12,15-16H2,1-3H3. The van der Waals surface area contributed by atoms with Gasteiger partial charge in [0.2, 0.25) is 0 Å². The molecule has 1 aliphatic heterocycles. The molecule has 30 heavy (non-hydrogen) atoms. The Morgan fingerprint density at radius 1 is 1.10 bits per heavy atom. The van der Waals surface area contributed by atoms with Gasteiger partial charge in [-0.05, 0) is 66.8 Å². The molecule has 0 bridgehead atoms. The minimum Gasteiger partial charge on any atom is -0.355 e. The molecule has 3 aromatic rings. The van der Waals surface area contributed by atoms with Gasteiger partial charge in [0, 0.05) is 43.1 Å². The minimum atomic E-state index is -2.67. The number of hydrogen-bond acceptors (Lipinski definition) is 3. The maximum atomic E-state index is 13.4. The Balaban J connectivity index is 1.58. The van der Waals surface area contributed by atoms with Crippen LogP contribution >= 0.6 is 0 Å². The predicted molar refractivity (Wildman–Crippen MR) is 118 cm³/mol. The first-order valence-corrected chi connectivity index (χ1v) is 10.3. The number of aryl methyl sites for hydroxylation is 2. The van der Waals surface area contributed by atoms with Gasteiger partial charge in [0.1, 0.15) is 0 Å². The van der Waals surface area contributed by atoms with Gasteiger partial charge in [-0.2, -0.15) is 0 Å². The van der Waals surface area contributed by atoms with E-state index in [9.17, 15) is 8.78 Å². The molecule has 5 heteroatoms. The second-order valence-corrected chi connectivity index (χ2v) is 8.35. The molecule has 4 rings (SSSR count). The minimum absolute atomic E-state index is 0.199. The Labute approximate surface area is 176 Å². The summed E-state index contributed by atoms with van der Waals surface area (Å²) in [6.45, 7) is 6.10. The van der Waals surface area contributed by atoms with Crippen molar-refractivity contribution in [1.82, 2.24) is 9.88 Å². The molecular weight excluding hydrogens is 380 g/mol. The fourth-order valence-electron chi connectivity index (χ4n) is 4.07. The molecule has 0 radical (unpaired) electrons. The van der Waals surface area contributed by atoms with Crippen LogP contribution in [0.5, 0.6) is 0 Å². The van der Waals surface area contributed by atoms with Crippen LogP contribution < -0.4 is 5.32 Å². The van der Waals surface area contributed by atoms with Crippen molar-refractivity contribution < 1.29 is 8.78 Å². The summed E-state index contributed by atoms with van der Waals surface area (Å²) in [6.07, 6.45) is 2.64. The third-order valence-electron chi connectivity index (χ3n) is 5.55. The molecule has 156 valence electrons. The fourth-order valence-corrected chi connectivity index (χ4v) is 4.07.